The van der Waals surface area contributed by atoms with Crippen LogP contribution in [0.15, 0.2) is 48.5 Å². The normalized spacial score (nSPS) is 16.7. The van der Waals surface area contributed by atoms with E-state index < -0.39 is 11.9 Å². The van der Waals surface area contributed by atoms with Crippen LogP contribution in [-0.4, -0.2) is 29.3 Å². The van der Waals surface area contributed by atoms with Crippen LogP contribution in [0.2, 0.25) is 0 Å². The second-order valence-corrected chi connectivity index (χ2v) is 6.21. The largest absolute Gasteiger partial charge is 0.327 e. The molecule has 0 saturated carbocycles. The van der Waals surface area contributed by atoms with E-state index in [4.69, 9.17) is 0 Å². The van der Waals surface area contributed by atoms with Crippen molar-refractivity contribution < 1.29 is 14.0 Å². The predicted octanol–water partition coefficient (Wildman–Crippen LogP) is 3.63. The van der Waals surface area contributed by atoms with Gasteiger partial charge in [0.05, 0.1) is 0 Å². The summed E-state index contributed by atoms with van der Waals surface area (Å²) in [7, 11) is 0. The molecule has 1 atom stereocenters. The molecule has 0 aromatic heterocycles. The van der Waals surface area contributed by atoms with Gasteiger partial charge in [-0.2, -0.15) is 0 Å². The van der Waals surface area contributed by atoms with E-state index in [1.54, 1.807) is 6.07 Å². The lowest BCUT2D eigenvalue weighted by Gasteiger charge is -2.24. The summed E-state index contributed by atoms with van der Waals surface area (Å²) in [6, 6.07) is 12.7. The predicted molar refractivity (Wildman–Crippen MR) is 94.9 cm³/mol. The lowest BCUT2D eigenvalue weighted by Crippen LogP contribution is -2.43. The Hall–Kier alpha value is -2.69. The highest BCUT2D eigenvalue weighted by Crippen LogP contribution is 2.22. The van der Waals surface area contributed by atoms with Crippen molar-refractivity contribution in [1.29, 1.82) is 0 Å². The van der Waals surface area contributed by atoms with Crippen LogP contribution in [0.25, 0.3) is 0 Å². The first-order valence-electron chi connectivity index (χ1n) is 8.55. The van der Waals surface area contributed by atoms with Crippen LogP contribution >= 0.6 is 0 Å². The molecule has 0 aliphatic carbocycles. The summed E-state index contributed by atoms with van der Waals surface area (Å²) < 4.78 is 13.4. The fraction of sp³-hybridized carbons (Fsp3) is 0.300. The topological polar surface area (TPSA) is 49.4 Å². The number of benzene rings is 2. The Bertz CT molecular complexity index is 774. The second-order valence-electron chi connectivity index (χ2n) is 6.21. The standard InChI is InChI=1S/C20H21FN2O2/c1-2-14-8-10-17(11-9-14)22-19(24)18-7-4-12-23(18)20(25)15-5-3-6-16(21)13-15/h3,5-6,8-11,13,18H,2,4,7,12H2,1H3,(H,22,24)/t18-/m0/s1. The Morgan fingerprint density at radius 1 is 1.20 bits per heavy atom. The van der Waals surface area contributed by atoms with Gasteiger partial charge < -0.3 is 10.2 Å². The molecule has 25 heavy (non-hydrogen) atoms. The van der Waals surface area contributed by atoms with Crippen LogP contribution < -0.4 is 5.32 Å². The van der Waals surface area contributed by atoms with Crippen LogP contribution in [0.5, 0.6) is 0 Å². The van der Waals surface area contributed by atoms with E-state index in [9.17, 15) is 14.0 Å². The number of carbonyl (C=O) groups excluding carboxylic acids is 2. The van der Waals surface area contributed by atoms with Gasteiger partial charge in [0.1, 0.15) is 11.9 Å². The fourth-order valence-corrected chi connectivity index (χ4v) is 3.12. The number of likely N-dealkylation sites (tertiary alicyclic amines) is 1. The molecule has 1 heterocycles. The van der Waals surface area contributed by atoms with E-state index in [-0.39, 0.29) is 17.4 Å². The Balaban J connectivity index is 1.71. The van der Waals surface area contributed by atoms with E-state index in [0.29, 0.717) is 18.7 Å². The van der Waals surface area contributed by atoms with Crippen molar-refractivity contribution in [2.75, 3.05) is 11.9 Å². The van der Waals surface area contributed by atoms with Crippen molar-refractivity contribution in [2.45, 2.75) is 32.2 Å². The summed E-state index contributed by atoms with van der Waals surface area (Å²) >= 11 is 0. The summed E-state index contributed by atoms with van der Waals surface area (Å²) in [5.41, 5.74) is 2.18. The number of carbonyl (C=O) groups is 2. The molecule has 1 N–H and O–H groups in total. The van der Waals surface area contributed by atoms with Crippen molar-refractivity contribution in [3.8, 4) is 0 Å². The quantitative estimate of drug-likeness (QED) is 0.924. The molecule has 5 heteroatoms. The zero-order valence-corrected chi connectivity index (χ0v) is 14.2. The lowest BCUT2D eigenvalue weighted by atomic mass is 10.1. The minimum Gasteiger partial charge on any atom is -0.327 e. The first-order valence-corrected chi connectivity index (χ1v) is 8.55. The molecule has 1 saturated heterocycles. The van der Waals surface area contributed by atoms with Gasteiger partial charge >= 0.3 is 0 Å². The van der Waals surface area contributed by atoms with Crippen molar-refractivity contribution in [3.05, 3.63) is 65.5 Å². The van der Waals surface area contributed by atoms with Gasteiger partial charge in [-0.1, -0.05) is 25.1 Å². The molecule has 3 rings (SSSR count). The molecule has 1 aliphatic heterocycles. The number of amides is 2. The van der Waals surface area contributed by atoms with Gasteiger partial charge in [-0.3, -0.25) is 9.59 Å². The third-order valence-electron chi connectivity index (χ3n) is 4.52. The highest BCUT2D eigenvalue weighted by molar-refractivity contribution is 6.01. The van der Waals surface area contributed by atoms with Crippen molar-refractivity contribution >= 4 is 17.5 Å². The lowest BCUT2D eigenvalue weighted by molar-refractivity contribution is -0.119. The summed E-state index contributed by atoms with van der Waals surface area (Å²) in [6.45, 7) is 2.57. The zero-order valence-electron chi connectivity index (χ0n) is 14.2. The highest BCUT2D eigenvalue weighted by atomic mass is 19.1. The Labute approximate surface area is 146 Å². The van der Waals surface area contributed by atoms with Crippen LogP contribution in [0.1, 0.15) is 35.7 Å². The van der Waals surface area contributed by atoms with Gasteiger partial charge in [0, 0.05) is 17.8 Å². The summed E-state index contributed by atoms with van der Waals surface area (Å²) in [5, 5.41) is 2.88. The Morgan fingerprint density at radius 3 is 2.64 bits per heavy atom. The maximum atomic E-state index is 13.4. The minimum absolute atomic E-state index is 0.202. The molecule has 2 aromatic rings. The van der Waals surface area contributed by atoms with Crippen LogP contribution in [0.3, 0.4) is 0 Å². The first kappa shape index (κ1) is 17.1. The number of aryl methyl sites for hydroxylation is 1. The van der Waals surface area contributed by atoms with Gasteiger partial charge in [-0.15, -0.1) is 0 Å². The van der Waals surface area contributed by atoms with Crippen LogP contribution in [0, 0.1) is 5.82 Å². The molecule has 1 aliphatic rings. The molecule has 4 nitrogen and oxygen atoms in total. The SMILES string of the molecule is CCc1ccc(NC(=O)[C@@H]2CCCN2C(=O)c2cccc(F)c2)cc1. The third kappa shape index (κ3) is 3.87. The maximum Gasteiger partial charge on any atom is 0.254 e. The van der Waals surface area contributed by atoms with Gasteiger partial charge in [0.2, 0.25) is 5.91 Å². The number of halogens is 1. The third-order valence-corrected chi connectivity index (χ3v) is 4.52. The van der Waals surface area contributed by atoms with E-state index in [0.717, 1.165) is 12.8 Å². The second kappa shape index (κ2) is 7.47. The summed E-state index contributed by atoms with van der Waals surface area (Å²) in [6.07, 6.45) is 2.31. The molecule has 130 valence electrons. The summed E-state index contributed by atoms with van der Waals surface area (Å²) in [4.78, 5) is 26.8. The first-order chi connectivity index (χ1) is 12.1. The highest BCUT2D eigenvalue weighted by Gasteiger charge is 2.34. The van der Waals surface area contributed by atoms with E-state index in [2.05, 4.69) is 12.2 Å². The maximum absolute atomic E-state index is 13.4. The molecule has 0 radical (unpaired) electrons. The number of anilines is 1. The van der Waals surface area contributed by atoms with E-state index in [1.165, 1.54) is 28.7 Å². The molecule has 0 spiro atoms. The van der Waals surface area contributed by atoms with Gasteiger partial charge in [0.25, 0.3) is 5.91 Å². The molecule has 0 bridgehead atoms. The number of rotatable bonds is 4. The molecular formula is C20H21FN2O2. The smallest absolute Gasteiger partial charge is 0.254 e. The van der Waals surface area contributed by atoms with Crippen LogP contribution in [0.4, 0.5) is 10.1 Å². The molecule has 2 aromatic carbocycles. The molecule has 0 unspecified atom stereocenters. The number of nitrogens with zero attached hydrogens (tertiary/aromatic N) is 1. The van der Waals surface area contributed by atoms with Crippen molar-refractivity contribution in [3.63, 3.8) is 0 Å². The minimum atomic E-state index is -0.526. The number of hydrogen-bond acceptors (Lipinski definition) is 2. The average Bonchev–Trinajstić information content (AvgIpc) is 3.11. The van der Waals surface area contributed by atoms with Gasteiger partial charge in [-0.25, -0.2) is 4.39 Å². The van der Waals surface area contributed by atoms with E-state index >= 15 is 0 Å². The van der Waals surface area contributed by atoms with Gasteiger partial charge in [-0.05, 0) is 55.2 Å². The molecule has 2 amide bonds. The zero-order chi connectivity index (χ0) is 17.8. The van der Waals surface area contributed by atoms with Crippen molar-refractivity contribution in [2.24, 2.45) is 0 Å². The molecular weight excluding hydrogens is 319 g/mol. The van der Waals surface area contributed by atoms with Gasteiger partial charge in [0.15, 0.2) is 0 Å². The van der Waals surface area contributed by atoms with Crippen LogP contribution in [-0.2, 0) is 11.2 Å². The van der Waals surface area contributed by atoms with Crippen molar-refractivity contribution in [1.82, 2.24) is 4.90 Å². The Morgan fingerprint density at radius 2 is 1.96 bits per heavy atom. The number of hydrogen-bond donors (Lipinski definition) is 1. The average molecular weight is 340 g/mol. The van der Waals surface area contributed by atoms with E-state index in [1.807, 2.05) is 24.3 Å². The monoisotopic (exact) mass is 340 g/mol. The Kier molecular flexibility index (Phi) is 5.12. The molecule has 1 fully saturated rings. The fourth-order valence-electron chi connectivity index (χ4n) is 3.12. The number of nitrogens with one attached hydrogen (secondary N) is 1. The summed E-state index contributed by atoms with van der Waals surface area (Å²) in [5.74, 6) is -0.966.